The summed E-state index contributed by atoms with van der Waals surface area (Å²) in [5.41, 5.74) is 3.28. The van der Waals surface area contributed by atoms with Crippen molar-refractivity contribution in [1.29, 1.82) is 0 Å². The van der Waals surface area contributed by atoms with Gasteiger partial charge in [-0.05, 0) is 31.0 Å². The Morgan fingerprint density at radius 3 is 2.45 bits per heavy atom. The third kappa shape index (κ3) is 6.43. The van der Waals surface area contributed by atoms with Crippen LogP contribution in [0.25, 0.3) is 11.0 Å². The van der Waals surface area contributed by atoms with Crippen molar-refractivity contribution >= 4 is 52.2 Å². The van der Waals surface area contributed by atoms with Crippen LogP contribution < -0.4 is 20.4 Å². The first-order chi connectivity index (χ1) is 22.8. The second kappa shape index (κ2) is 12.9. The minimum atomic E-state index is -0.467. The van der Waals surface area contributed by atoms with Gasteiger partial charge in [-0.3, -0.25) is 29.7 Å². The highest BCUT2D eigenvalue weighted by Gasteiger charge is 2.27. The van der Waals surface area contributed by atoms with E-state index in [0.717, 1.165) is 74.3 Å². The first kappa shape index (κ1) is 30.5. The summed E-state index contributed by atoms with van der Waals surface area (Å²) >= 11 is 0. The summed E-state index contributed by atoms with van der Waals surface area (Å²) in [6.45, 7) is 4.35. The third-order valence-electron chi connectivity index (χ3n) is 9.02. The number of nitrogens with one attached hydrogen (secondary N) is 2. The number of carbonyl (C=O) groups is 3. The molecule has 4 aromatic rings. The Hall–Kier alpha value is -5.18. The van der Waals surface area contributed by atoms with Crippen molar-refractivity contribution < 1.29 is 14.4 Å². The number of pyridine rings is 1. The highest BCUT2D eigenvalue weighted by molar-refractivity contribution is 6.05. The lowest BCUT2D eigenvalue weighted by Gasteiger charge is -2.35. The molecule has 47 heavy (non-hydrogen) atoms. The fourth-order valence-corrected chi connectivity index (χ4v) is 6.50. The highest BCUT2D eigenvalue weighted by atomic mass is 16.2. The number of nitrogens with zero attached hydrogens (tertiary/aromatic N) is 10. The highest BCUT2D eigenvalue weighted by Crippen LogP contribution is 2.35. The molecule has 0 bridgehead atoms. The zero-order chi connectivity index (χ0) is 32.5. The molecule has 4 aromatic heterocycles. The lowest BCUT2D eigenvalue weighted by atomic mass is 10.2. The van der Waals surface area contributed by atoms with Gasteiger partial charge in [0.25, 0.3) is 5.91 Å². The van der Waals surface area contributed by atoms with E-state index in [1.165, 1.54) is 4.90 Å². The van der Waals surface area contributed by atoms with E-state index in [4.69, 9.17) is 4.98 Å². The molecule has 2 aliphatic heterocycles. The normalized spacial score (nSPS) is 17.7. The number of carbonyl (C=O) groups excluding carboxylic acids is 3. The van der Waals surface area contributed by atoms with Gasteiger partial charge in [0.2, 0.25) is 11.9 Å². The topological polar surface area (TPSA) is 158 Å². The van der Waals surface area contributed by atoms with Crippen molar-refractivity contribution in [3.63, 3.8) is 0 Å². The predicted molar refractivity (Wildman–Crippen MR) is 176 cm³/mol. The molecule has 1 saturated carbocycles. The van der Waals surface area contributed by atoms with Gasteiger partial charge >= 0.3 is 6.03 Å². The summed E-state index contributed by atoms with van der Waals surface area (Å²) in [7, 11) is 3.54. The molecule has 244 valence electrons. The Morgan fingerprint density at radius 2 is 1.77 bits per heavy atom. The van der Waals surface area contributed by atoms with E-state index in [9.17, 15) is 14.4 Å². The van der Waals surface area contributed by atoms with Gasteiger partial charge in [-0.25, -0.2) is 19.7 Å². The minimum absolute atomic E-state index is 0.0322. The molecule has 0 atom stereocenters. The van der Waals surface area contributed by atoms with Crippen LogP contribution in [0.1, 0.15) is 54.3 Å². The van der Waals surface area contributed by atoms with Crippen LogP contribution in [0.15, 0.2) is 43.0 Å². The number of aromatic nitrogens is 6. The van der Waals surface area contributed by atoms with Gasteiger partial charge in [-0.15, -0.1) is 0 Å². The lowest BCUT2D eigenvalue weighted by molar-refractivity contribution is -0.120. The fraction of sp³-hybridized carbons (Fsp3) is 0.438. The second-order valence-corrected chi connectivity index (χ2v) is 12.4. The molecule has 15 nitrogen and oxygen atoms in total. The summed E-state index contributed by atoms with van der Waals surface area (Å²) in [6.07, 6.45) is 11.5. The zero-order valence-electron chi connectivity index (χ0n) is 26.6. The van der Waals surface area contributed by atoms with Gasteiger partial charge < -0.3 is 19.7 Å². The first-order valence-corrected chi connectivity index (χ1v) is 16.0. The summed E-state index contributed by atoms with van der Waals surface area (Å²) in [5, 5.41) is 6.40. The number of piperazine rings is 1. The lowest BCUT2D eigenvalue weighted by Crippen LogP contribution is -2.50. The number of imide groups is 1. The van der Waals surface area contributed by atoms with Crippen molar-refractivity contribution in [2.24, 2.45) is 0 Å². The number of anilines is 4. The summed E-state index contributed by atoms with van der Waals surface area (Å²) in [6, 6.07) is 5.67. The van der Waals surface area contributed by atoms with Crippen LogP contribution >= 0.6 is 0 Å². The Kier molecular flexibility index (Phi) is 8.37. The number of hydrogen-bond acceptors (Lipinski definition) is 11. The number of fused-ring (bicyclic) bond motifs is 1. The first-order valence-electron chi connectivity index (χ1n) is 16.0. The number of hydrogen-bond donors (Lipinski definition) is 2. The van der Waals surface area contributed by atoms with Gasteiger partial charge in [0.1, 0.15) is 17.2 Å². The van der Waals surface area contributed by atoms with Crippen LogP contribution in [-0.4, -0.2) is 104 Å². The SMILES string of the molecule is CN(C)C(=O)c1cc2cnc(Nc3ccc(N4CCN(Cc5cnc(N6CCC(=O)NC6=O)cn5)CC4)cn3)nc2n1C1CCCC1. The van der Waals surface area contributed by atoms with Gasteiger partial charge in [0.15, 0.2) is 5.82 Å². The molecule has 3 aliphatic rings. The van der Waals surface area contributed by atoms with Crippen molar-refractivity contribution in [1.82, 2.24) is 44.6 Å². The van der Waals surface area contributed by atoms with Gasteiger partial charge in [-0.2, -0.15) is 4.98 Å². The maximum atomic E-state index is 13.0. The van der Waals surface area contributed by atoms with Crippen LogP contribution in [0.5, 0.6) is 0 Å². The quantitative estimate of drug-likeness (QED) is 0.292. The number of urea groups is 1. The van der Waals surface area contributed by atoms with Gasteiger partial charge in [-0.1, -0.05) is 12.8 Å². The van der Waals surface area contributed by atoms with Crippen LogP contribution in [0.3, 0.4) is 0 Å². The standard InChI is InChI=1S/C32H38N12O3/c1-40(2)30(46)25-15-21-16-36-31(39-29(21)44(25)23-5-3-4-6-23)37-26-8-7-24(18-34-26)42-13-11-41(12-14-42)20-22-17-35-27(19-33-22)43-10-9-28(45)38-32(43)47/h7-8,15-19,23H,3-6,9-14,20H2,1-2H3,(H,38,45,47)(H,34,36,37,39). The molecule has 0 spiro atoms. The van der Waals surface area contributed by atoms with E-state index >= 15 is 0 Å². The molecule has 0 unspecified atom stereocenters. The van der Waals surface area contributed by atoms with Crippen LogP contribution in [0.4, 0.5) is 28.1 Å². The van der Waals surface area contributed by atoms with Crippen molar-refractivity contribution in [3.05, 3.63) is 54.4 Å². The summed E-state index contributed by atoms with van der Waals surface area (Å²) in [4.78, 5) is 67.1. The Balaban J connectivity index is 0.959. The van der Waals surface area contributed by atoms with E-state index < -0.39 is 6.03 Å². The van der Waals surface area contributed by atoms with E-state index in [1.807, 2.05) is 24.4 Å². The molecule has 15 heteroatoms. The predicted octanol–water partition coefficient (Wildman–Crippen LogP) is 2.95. The van der Waals surface area contributed by atoms with E-state index in [2.05, 4.69) is 44.9 Å². The van der Waals surface area contributed by atoms with E-state index in [-0.39, 0.29) is 24.3 Å². The maximum absolute atomic E-state index is 13.0. The Morgan fingerprint density at radius 1 is 0.957 bits per heavy atom. The molecule has 3 fully saturated rings. The van der Waals surface area contributed by atoms with E-state index in [0.29, 0.717) is 36.4 Å². The molecule has 4 amide bonds. The average Bonchev–Trinajstić information content (AvgIpc) is 3.74. The van der Waals surface area contributed by atoms with Gasteiger partial charge in [0.05, 0.1) is 30.0 Å². The molecule has 6 heterocycles. The largest absolute Gasteiger partial charge is 0.368 e. The molecule has 1 aliphatic carbocycles. The summed E-state index contributed by atoms with van der Waals surface area (Å²) in [5.74, 6) is 1.21. The third-order valence-corrected chi connectivity index (χ3v) is 9.02. The molecular weight excluding hydrogens is 600 g/mol. The van der Waals surface area contributed by atoms with E-state index in [1.54, 1.807) is 37.6 Å². The number of rotatable bonds is 8. The van der Waals surface area contributed by atoms with Crippen molar-refractivity contribution in [2.75, 3.05) is 61.9 Å². The van der Waals surface area contributed by atoms with Crippen LogP contribution in [0.2, 0.25) is 0 Å². The average molecular weight is 639 g/mol. The molecular formula is C32H38N12O3. The second-order valence-electron chi connectivity index (χ2n) is 12.4. The van der Waals surface area contributed by atoms with Crippen LogP contribution in [0, 0.1) is 0 Å². The van der Waals surface area contributed by atoms with Gasteiger partial charge in [0, 0.05) is 77.4 Å². The van der Waals surface area contributed by atoms with Crippen molar-refractivity contribution in [3.8, 4) is 0 Å². The molecule has 2 saturated heterocycles. The maximum Gasteiger partial charge on any atom is 0.329 e. The fourth-order valence-electron chi connectivity index (χ4n) is 6.50. The molecule has 0 aromatic carbocycles. The molecule has 2 N–H and O–H groups in total. The Labute approximate surface area is 272 Å². The molecule has 0 radical (unpaired) electrons. The smallest absolute Gasteiger partial charge is 0.329 e. The number of amides is 4. The van der Waals surface area contributed by atoms with Crippen LogP contribution in [-0.2, 0) is 11.3 Å². The Bertz CT molecular complexity index is 1780. The summed E-state index contributed by atoms with van der Waals surface area (Å²) < 4.78 is 2.11. The molecule has 7 rings (SSSR count). The minimum Gasteiger partial charge on any atom is -0.368 e. The van der Waals surface area contributed by atoms with Crippen molar-refractivity contribution in [2.45, 2.75) is 44.7 Å². The monoisotopic (exact) mass is 638 g/mol. The zero-order valence-corrected chi connectivity index (χ0v) is 26.6.